The number of hydrogen-bond acceptors (Lipinski definition) is 5. The minimum atomic E-state index is -0.410. The molecule has 1 aromatic heterocycles. The summed E-state index contributed by atoms with van der Waals surface area (Å²) in [7, 11) is 1.36. The summed E-state index contributed by atoms with van der Waals surface area (Å²) in [5.41, 5.74) is 0.817. The van der Waals surface area contributed by atoms with Crippen molar-refractivity contribution in [3.63, 3.8) is 0 Å². The van der Waals surface area contributed by atoms with Crippen molar-refractivity contribution in [3.8, 4) is 0 Å². The lowest BCUT2D eigenvalue weighted by Crippen LogP contribution is -2.37. The quantitative estimate of drug-likeness (QED) is 0.862. The molecule has 1 N–H and O–H groups in total. The Kier molecular flexibility index (Phi) is 3.79. The third-order valence-corrected chi connectivity index (χ3v) is 3.72. The Morgan fingerprint density at radius 1 is 1.43 bits per heavy atom. The molecule has 0 radical (unpaired) electrons. The first-order valence-corrected chi connectivity index (χ1v) is 7.07. The number of anilines is 1. The van der Waals surface area contributed by atoms with Gasteiger partial charge in [0, 0.05) is 18.5 Å². The van der Waals surface area contributed by atoms with Gasteiger partial charge in [0.15, 0.2) is 0 Å². The fourth-order valence-corrected chi connectivity index (χ4v) is 2.74. The molecule has 7 heteroatoms. The lowest BCUT2D eigenvalue weighted by atomic mass is 10.2. The van der Waals surface area contributed by atoms with Crippen LogP contribution >= 0.6 is 11.6 Å². The minimum absolute atomic E-state index is 0.0463. The number of rotatable bonds is 2. The number of para-hydroxylation sites is 1. The Balaban J connectivity index is 1.86. The zero-order valence-corrected chi connectivity index (χ0v) is 12.3. The molecule has 1 amide bonds. The van der Waals surface area contributed by atoms with E-state index >= 15 is 0 Å². The molecule has 0 bridgehead atoms. The van der Waals surface area contributed by atoms with Crippen molar-refractivity contribution in [3.05, 3.63) is 29.5 Å². The molecule has 0 aliphatic carbocycles. The first-order chi connectivity index (χ1) is 10.2. The molecule has 6 nitrogen and oxygen atoms in total. The number of benzene rings is 1. The average molecular weight is 307 g/mol. The van der Waals surface area contributed by atoms with E-state index in [-0.39, 0.29) is 11.3 Å². The van der Waals surface area contributed by atoms with Crippen LogP contribution in [-0.4, -0.2) is 42.3 Å². The highest BCUT2D eigenvalue weighted by atomic mass is 35.5. The van der Waals surface area contributed by atoms with E-state index in [0.29, 0.717) is 6.54 Å². The summed E-state index contributed by atoms with van der Waals surface area (Å²) in [5, 5.41) is 4.00. The first-order valence-electron chi connectivity index (χ1n) is 6.69. The number of carbonyl (C=O) groups excluding carboxylic acids is 1. The molecular formula is C14H15ClN4O2. The molecule has 1 aliphatic rings. The Bertz CT molecular complexity index is 679. The highest BCUT2D eigenvalue weighted by molar-refractivity contribution is 6.28. The van der Waals surface area contributed by atoms with Crippen LogP contribution in [-0.2, 0) is 4.74 Å². The number of alkyl carbamates (subject to hydrolysis) is 1. The van der Waals surface area contributed by atoms with Gasteiger partial charge in [0.1, 0.15) is 5.82 Å². The fourth-order valence-electron chi connectivity index (χ4n) is 2.57. The van der Waals surface area contributed by atoms with E-state index in [1.807, 2.05) is 24.3 Å². The highest BCUT2D eigenvalue weighted by Crippen LogP contribution is 2.27. The fraction of sp³-hybridized carbons (Fsp3) is 0.357. The van der Waals surface area contributed by atoms with Gasteiger partial charge in [-0.3, -0.25) is 0 Å². The molecule has 1 aliphatic heterocycles. The Morgan fingerprint density at radius 3 is 3.05 bits per heavy atom. The molecule has 1 saturated heterocycles. The van der Waals surface area contributed by atoms with Crippen molar-refractivity contribution in [1.82, 2.24) is 15.3 Å². The standard InChI is InChI=1S/C14H15ClN4O2/c1-21-14(20)16-9-6-7-19(8-9)12-10-4-2-3-5-11(10)17-13(15)18-12/h2-5,9H,6-8H2,1H3,(H,16,20). The zero-order valence-electron chi connectivity index (χ0n) is 11.5. The topological polar surface area (TPSA) is 67.3 Å². The number of carbonyl (C=O) groups is 1. The second-order valence-electron chi connectivity index (χ2n) is 4.90. The summed E-state index contributed by atoms with van der Waals surface area (Å²) in [4.78, 5) is 22.0. The Morgan fingerprint density at radius 2 is 2.24 bits per heavy atom. The Hall–Kier alpha value is -2.08. The predicted octanol–water partition coefficient (Wildman–Crippen LogP) is 2.22. The molecular weight excluding hydrogens is 292 g/mol. The molecule has 110 valence electrons. The minimum Gasteiger partial charge on any atom is -0.453 e. The third kappa shape index (κ3) is 2.85. The van der Waals surface area contributed by atoms with Crippen molar-refractivity contribution >= 4 is 34.4 Å². The number of nitrogens with zero attached hydrogens (tertiary/aromatic N) is 3. The van der Waals surface area contributed by atoms with E-state index in [1.54, 1.807) is 0 Å². The van der Waals surface area contributed by atoms with Gasteiger partial charge >= 0.3 is 6.09 Å². The summed E-state index contributed by atoms with van der Waals surface area (Å²) in [6.07, 6.45) is 0.429. The van der Waals surface area contributed by atoms with Crippen molar-refractivity contribution in [1.29, 1.82) is 0 Å². The van der Waals surface area contributed by atoms with Gasteiger partial charge < -0.3 is 15.0 Å². The van der Waals surface area contributed by atoms with Gasteiger partial charge in [-0.2, -0.15) is 4.98 Å². The van der Waals surface area contributed by atoms with Gasteiger partial charge in [0.05, 0.1) is 18.7 Å². The maximum Gasteiger partial charge on any atom is 0.407 e. The normalized spacial score (nSPS) is 18.0. The van der Waals surface area contributed by atoms with Crippen molar-refractivity contribution in [2.75, 3.05) is 25.1 Å². The molecule has 1 aromatic carbocycles. The largest absolute Gasteiger partial charge is 0.453 e. The lowest BCUT2D eigenvalue weighted by Gasteiger charge is -2.19. The molecule has 0 spiro atoms. The van der Waals surface area contributed by atoms with Crippen LogP contribution in [0.3, 0.4) is 0 Å². The summed E-state index contributed by atoms with van der Waals surface area (Å²) in [6.45, 7) is 1.47. The zero-order chi connectivity index (χ0) is 14.8. The van der Waals surface area contributed by atoms with Crippen LogP contribution in [0.15, 0.2) is 24.3 Å². The molecule has 0 saturated carbocycles. The van der Waals surface area contributed by atoms with Crippen molar-refractivity contribution < 1.29 is 9.53 Å². The number of aromatic nitrogens is 2. The lowest BCUT2D eigenvalue weighted by molar-refractivity contribution is 0.167. The van der Waals surface area contributed by atoms with E-state index in [2.05, 4.69) is 24.9 Å². The first kappa shape index (κ1) is 13.9. The monoisotopic (exact) mass is 306 g/mol. The Labute approximate surface area is 127 Å². The summed E-state index contributed by atoms with van der Waals surface area (Å²) in [6, 6.07) is 7.80. The second kappa shape index (κ2) is 5.73. The van der Waals surface area contributed by atoms with Crippen LogP contribution in [0.4, 0.5) is 10.6 Å². The van der Waals surface area contributed by atoms with Crippen LogP contribution in [0, 0.1) is 0 Å². The number of hydrogen-bond donors (Lipinski definition) is 1. The predicted molar refractivity (Wildman–Crippen MR) is 80.7 cm³/mol. The summed E-state index contributed by atoms with van der Waals surface area (Å²) >= 11 is 6.01. The summed E-state index contributed by atoms with van der Waals surface area (Å²) < 4.78 is 4.63. The van der Waals surface area contributed by atoms with E-state index in [0.717, 1.165) is 29.7 Å². The number of amides is 1. The SMILES string of the molecule is COC(=O)NC1CCN(c2nc(Cl)nc3ccccc23)C1. The highest BCUT2D eigenvalue weighted by Gasteiger charge is 2.26. The number of fused-ring (bicyclic) bond motifs is 1. The van der Waals surface area contributed by atoms with E-state index in [9.17, 15) is 4.79 Å². The molecule has 3 rings (SSSR count). The maximum atomic E-state index is 11.3. The van der Waals surface area contributed by atoms with Crippen LogP contribution in [0.5, 0.6) is 0 Å². The molecule has 1 atom stereocenters. The van der Waals surface area contributed by atoms with E-state index < -0.39 is 6.09 Å². The molecule has 2 aromatic rings. The van der Waals surface area contributed by atoms with Crippen LogP contribution in [0.1, 0.15) is 6.42 Å². The molecule has 2 heterocycles. The smallest absolute Gasteiger partial charge is 0.407 e. The molecule has 1 fully saturated rings. The molecule has 21 heavy (non-hydrogen) atoms. The van der Waals surface area contributed by atoms with Crippen molar-refractivity contribution in [2.45, 2.75) is 12.5 Å². The number of methoxy groups -OCH3 is 1. The number of nitrogens with one attached hydrogen (secondary N) is 1. The van der Waals surface area contributed by atoms with Gasteiger partial charge in [-0.15, -0.1) is 0 Å². The van der Waals surface area contributed by atoms with Gasteiger partial charge in [-0.25, -0.2) is 9.78 Å². The molecule has 1 unspecified atom stereocenters. The number of ether oxygens (including phenoxy) is 1. The van der Waals surface area contributed by atoms with Crippen LogP contribution < -0.4 is 10.2 Å². The second-order valence-corrected chi connectivity index (χ2v) is 5.24. The van der Waals surface area contributed by atoms with Gasteiger partial charge in [-0.05, 0) is 30.2 Å². The van der Waals surface area contributed by atoms with Crippen LogP contribution in [0.25, 0.3) is 10.9 Å². The summed E-state index contributed by atoms with van der Waals surface area (Å²) in [5.74, 6) is 0.805. The van der Waals surface area contributed by atoms with E-state index in [1.165, 1.54) is 7.11 Å². The van der Waals surface area contributed by atoms with E-state index in [4.69, 9.17) is 11.6 Å². The van der Waals surface area contributed by atoms with Gasteiger partial charge in [0.25, 0.3) is 0 Å². The maximum absolute atomic E-state index is 11.3. The van der Waals surface area contributed by atoms with Crippen LogP contribution in [0.2, 0.25) is 5.28 Å². The van der Waals surface area contributed by atoms with Gasteiger partial charge in [0.2, 0.25) is 5.28 Å². The van der Waals surface area contributed by atoms with Crippen molar-refractivity contribution in [2.24, 2.45) is 0 Å². The average Bonchev–Trinajstić information content (AvgIpc) is 2.94. The van der Waals surface area contributed by atoms with Gasteiger partial charge in [-0.1, -0.05) is 12.1 Å². The number of halogens is 1. The third-order valence-electron chi connectivity index (χ3n) is 3.55.